The van der Waals surface area contributed by atoms with Gasteiger partial charge in [-0.25, -0.2) is 9.97 Å². The maximum absolute atomic E-state index is 12.2. The van der Waals surface area contributed by atoms with E-state index in [2.05, 4.69) is 9.97 Å². The number of aromatic nitrogens is 2. The summed E-state index contributed by atoms with van der Waals surface area (Å²) >= 11 is 1.43. The molecule has 1 amide bonds. The lowest BCUT2D eigenvalue weighted by Gasteiger charge is -2.16. The quantitative estimate of drug-likeness (QED) is 0.862. The molecule has 3 rings (SSSR count). The molecule has 0 radical (unpaired) electrons. The topological polar surface area (TPSA) is 79.1 Å². The monoisotopic (exact) mass is 300 g/mol. The van der Waals surface area contributed by atoms with Gasteiger partial charge < -0.3 is 9.64 Å². The summed E-state index contributed by atoms with van der Waals surface area (Å²) in [6, 6.07) is 5.63. The molecule has 3 heterocycles. The highest BCUT2D eigenvalue weighted by Crippen LogP contribution is 2.21. The molecule has 1 aliphatic rings. The fourth-order valence-corrected chi connectivity index (χ4v) is 2.90. The molecule has 1 unspecified atom stereocenters. The number of rotatable bonds is 3. The number of nitriles is 1. The van der Waals surface area contributed by atoms with Crippen LogP contribution in [-0.2, 0) is 0 Å². The summed E-state index contributed by atoms with van der Waals surface area (Å²) in [5, 5.41) is 10.8. The van der Waals surface area contributed by atoms with Crippen LogP contribution in [0.2, 0.25) is 0 Å². The predicted octanol–water partition coefficient (Wildman–Crippen LogP) is 1.70. The normalized spacial score (nSPS) is 17.5. The van der Waals surface area contributed by atoms with E-state index in [1.165, 1.54) is 23.7 Å². The molecule has 0 aliphatic carbocycles. The van der Waals surface area contributed by atoms with Gasteiger partial charge in [-0.05, 0) is 11.4 Å². The molecular weight excluding hydrogens is 288 g/mol. The molecule has 0 saturated carbocycles. The molecule has 21 heavy (non-hydrogen) atoms. The van der Waals surface area contributed by atoms with E-state index in [1.807, 2.05) is 23.6 Å². The van der Waals surface area contributed by atoms with Crippen molar-refractivity contribution >= 4 is 17.2 Å². The van der Waals surface area contributed by atoms with Crippen molar-refractivity contribution < 1.29 is 9.53 Å². The van der Waals surface area contributed by atoms with Crippen molar-refractivity contribution in [3.63, 3.8) is 0 Å². The van der Waals surface area contributed by atoms with Gasteiger partial charge in [0, 0.05) is 25.4 Å². The minimum Gasteiger partial charge on any atom is -0.470 e. The maximum atomic E-state index is 12.2. The van der Waals surface area contributed by atoms with Crippen LogP contribution in [0.15, 0.2) is 29.9 Å². The van der Waals surface area contributed by atoms with E-state index in [0.717, 1.165) is 11.3 Å². The average molecular weight is 300 g/mol. The van der Waals surface area contributed by atoms with Crippen LogP contribution in [-0.4, -0.2) is 40.0 Å². The van der Waals surface area contributed by atoms with Crippen LogP contribution >= 0.6 is 11.3 Å². The lowest BCUT2D eigenvalue weighted by atomic mass is 10.3. The minimum atomic E-state index is -0.155. The zero-order valence-corrected chi connectivity index (χ0v) is 11.9. The Hall–Kier alpha value is -2.46. The molecule has 0 bridgehead atoms. The van der Waals surface area contributed by atoms with E-state index in [4.69, 9.17) is 10.00 Å². The van der Waals surface area contributed by atoms with Crippen LogP contribution < -0.4 is 4.74 Å². The molecule has 1 fully saturated rings. The molecular formula is C14H12N4O2S. The van der Waals surface area contributed by atoms with Crippen molar-refractivity contribution in [1.29, 1.82) is 5.26 Å². The van der Waals surface area contributed by atoms with E-state index < -0.39 is 0 Å². The maximum Gasteiger partial charge on any atom is 0.264 e. The highest BCUT2D eigenvalue weighted by atomic mass is 32.1. The van der Waals surface area contributed by atoms with Gasteiger partial charge in [0.05, 0.1) is 11.4 Å². The highest BCUT2D eigenvalue weighted by Gasteiger charge is 2.29. The van der Waals surface area contributed by atoms with Gasteiger partial charge in [0.15, 0.2) is 0 Å². The van der Waals surface area contributed by atoms with Crippen LogP contribution in [0.4, 0.5) is 0 Å². The van der Waals surface area contributed by atoms with Crippen molar-refractivity contribution in [3.05, 3.63) is 40.5 Å². The fourth-order valence-electron chi connectivity index (χ4n) is 2.21. The Morgan fingerprint density at radius 1 is 1.48 bits per heavy atom. The number of amides is 1. The average Bonchev–Trinajstić information content (AvgIpc) is 3.19. The number of likely N-dealkylation sites (tertiary alicyclic amines) is 1. The van der Waals surface area contributed by atoms with Crippen molar-refractivity contribution in [1.82, 2.24) is 14.9 Å². The van der Waals surface area contributed by atoms with E-state index in [-0.39, 0.29) is 23.6 Å². The Labute approximate surface area is 125 Å². The van der Waals surface area contributed by atoms with E-state index in [1.54, 1.807) is 4.90 Å². The van der Waals surface area contributed by atoms with Crippen LogP contribution in [0.5, 0.6) is 5.88 Å². The molecule has 2 aromatic rings. The Kier molecular flexibility index (Phi) is 3.79. The summed E-state index contributed by atoms with van der Waals surface area (Å²) in [6.07, 6.45) is 3.50. The van der Waals surface area contributed by atoms with E-state index in [0.29, 0.717) is 13.1 Å². The predicted molar refractivity (Wildman–Crippen MR) is 76.0 cm³/mol. The molecule has 1 atom stereocenters. The van der Waals surface area contributed by atoms with Gasteiger partial charge in [0.1, 0.15) is 12.2 Å². The van der Waals surface area contributed by atoms with Gasteiger partial charge >= 0.3 is 0 Å². The standard InChI is InChI=1S/C14H12N4O2S/c15-8-11-13(17-5-4-16-11)20-10-3-6-18(9-10)14(19)12-2-1-7-21-12/h1-2,4-5,7,10H,3,6,9H2. The third kappa shape index (κ3) is 2.85. The molecule has 0 N–H and O–H groups in total. The van der Waals surface area contributed by atoms with Crippen molar-refractivity contribution in [2.45, 2.75) is 12.5 Å². The van der Waals surface area contributed by atoms with Crippen LogP contribution in [0.1, 0.15) is 21.8 Å². The van der Waals surface area contributed by atoms with E-state index >= 15 is 0 Å². The third-order valence-corrected chi connectivity index (χ3v) is 4.07. The smallest absolute Gasteiger partial charge is 0.264 e. The number of hydrogen-bond donors (Lipinski definition) is 0. The van der Waals surface area contributed by atoms with Gasteiger partial charge in [-0.15, -0.1) is 11.3 Å². The van der Waals surface area contributed by atoms with Crippen molar-refractivity contribution in [2.24, 2.45) is 0 Å². The van der Waals surface area contributed by atoms with Gasteiger partial charge in [-0.1, -0.05) is 6.07 Å². The first-order chi connectivity index (χ1) is 10.3. The highest BCUT2D eigenvalue weighted by molar-refractivity contribution is 7.12. The zero-order chi connectivity index (χ0) is 14.7. The Balaban J connectivity index is 1.65. The van der Waals surface area contributed by atoms with E-state index in [9.17, 15) is 4.79 Å². The summed E-state index contributed by atoms with van der Waals surface area (Å²) in [5.74, 6) is 0.256. The molecule has 7 heteroatoms. The summed E-state index contributed by atoms with van der Waals surface area (Å²) < 4.78 is 5.71. The number of nitrogens with zero attached hydrogens (tertiary/aromatic N) is 4. The Morgan fingerprint density at radius 3 is 3.10 bits per heavy atom. The summed E-state index contributed by atoms with van der Waals surface area (Å²) in [4.78, 5) is 22.7. The number of hydrogen-bond acceptors (Lipinski definition) is 6. The molecule has 0 spiro atoms. The lowest BCUT2D eigenvalue weighted by molar-refractivity contribution is 0.0776. The lowest BCUT2D eigenvalue weighted by Crippen LogP contribution is -2.30. The third-order valence-electron chi connectivity index (χ3n) is 3.21. The second-order valence-corrected chi connectivity index (χ2v) is 5.53. The van der Waals surface area contributed by atoms with Gasteiger partial charge in [0.25, 0.3) is 11.8 Å². The minimum absolute atomic E-state index is 0.0238. The fraction of sp³-hybridized carbons (Fsp3) is 0.286. The molecule has 106 valence electrons. The van der Waals surface area contributed by atoms with Gasteiger partial charge in [0.2, 0.25) is 5.69 Å². The first kappa shape index (κ1) is 13.5. The van der Waals surface area contributed by atoms with Crippen molar-refractivity contribution in [3.8, 4) is 11.9 Å². The summed E-state index contributed by atoms with van der Waals surface area (Å²) in [5.41, 5.74) is 0.167. The SMILES string of the molecule is N#Cc1nccnc1OC1CCN(C(=O)c2cccs2)C1. The first-order valence-electron chi connectivity index (χ1n) is 6.48. The van der Waals surface area contributed by atoms with Gasteiger partial charge in [-0.2, -0.15) is 5.26 Å². The van der Waals surface area contributed by atoms with Crippen molar-refractivity contribution in [2.75, 3.05) is 13.1 Å². The molecule has 2 aromatic heterocycles. The molecule has 0 aromatic carbocycles. The Morgan fingerprint density at radius 2 is 2.33 bits per heavy atom. The van der Waals surface area contributed by atoms with Crippen LogP contribution in [0.3, 0.4) is 0 Å². The second kappa shape index (κ2) is 5.89. The number of thiophene rings is 1. The largest absolute Gasteiger partial charge is 0.470 e. The first-order valence-corrected chi connectivity index (χ1v) is 7.36. The van der Waals surface area contributed by atoms with Crippen LogP contribution in [0, 0.1) is 11.3 Å². The summed E-state index contributed by atoms with van der Waals surface area (Å²) in [6.45, 7) is 1.14. The number of carbonyl (C=O) groups is 1. The molecule has 1 aliphatic heterocycles. The Bertz CT molecular complexity index is 681. The van der Waals surface area contributed by atoms with Gasteiger partial charge in [-0.3, -0.25) is 4.79 Å². The number of carbonyl (C=O) groups excluding carboxylic acids is 1. The molecule has 6 nitrogen and oxygen atoms in total. The summed E-state index contributed by atoms with van der Waals surface area (Å²) in [7, 11) is 0. The van der Waals surface area contributed by atoms with Crippen LogP contribution in [0.25, 0.3) is 0 Å². The zero-order valence-electron chi connectivity index (χ0n) is 11.1. The second-order valence-electron chi connectivity index (χ2n) is 4.58. The number of ether oxygens (including phenoxy) is 1. The molecule has 1 saturated heterocycles.